The van der Waals surface area contributed by atoms with Crippen molar-refractivity contribution in [1.29, 1.82) is 0 Å². The maximum Gasteiger partial charge on any atom is 0.306 e. The molecule has 4 heteroatoms. The number of carbonyl (C=O) groups excluding carboxylic acids is 1. The van der Waals surface area contributed by atoms with E-state index in [9.17, 15) is 14.7 Å². The van der Waals surface area contributed by atoms with Crippen molar-refractivity contribution in [2.75, 3.05) is 0 Å². The van der Waals surface area contributed by atoms with Crippen molar-refractivity contribution in [2.45, 2.75) is 44.6 Å². The molecule has 1 saturated heterocycles. The molecular formula is C18H22O4. The van der Waals surface area contributed by atoms with Gasteiger partial charge >= 0.3 is 11.9 Å². The van der Waals surface area contributed by atoms with Crippen LogP contribution in [0.25, 0.3) is 0 Å². The van der Waals surface area contributed by atoms with Crippen molar-refractivity contribution in [3.63, 3.8) is 0 Å². The molecule has 0 aromatic rings. The average Bonchev–Trinajstić information content (AvgIpc) is 3.22. The molecule has 3 saturated carbocycles. The van der Waals surface area contributed by atoms with E-state index in [1.165, 1.54) is 6.42 Å². The van der Waals surface area contributed by atoms with Crippen LogP contribution in [-0.2, 0) is 14.3 Å². The molecule has 0 spiro atoms. The second kappa shape index (κ2) is 4.15. The summed E-state index contributed by atoms with van der Waals surface area (Å²) >= 11 is 0. The minimum atomic E-state index is -0.611. The third-order valence-corrected chi connectivity index (χ3v) is 7.43. The summed E-state index contributed by atoms with van der Waals surface area (Å²) in [7, 11) is 0. The number of carboxylic acid groups (broad SMARTS) is 1. The van der Waals surface area contributed by atoms with Gasteiger partial charge in [0.2, 0.25) is 0 Å². The molecule has 8 atom stereocenters. The topological polar surface area (TPSA) is 63.6 Å². The lowest BCUT2D eigenvalue weighted by Gasteiger charge is -2.43. The second-order valence-electron chi connectivity index (χ2n) is 8.29. The summed E-state index contributed by atoms with van der Waals surface area (Å²) in [5.74, 6) is 1.95. The fourth-order valence-electron chi connectivity index (χ4n) is 7.02. The van der Waals surface area contributed by atoms with Gasteiger partial charge in [-0.3, -0.25) is 9.59 Å². The van der Waals surface area contributed by atoms with Crippen molar-refractivity contribution in [3.05, 3.63) is 12.2 Å². The lowest BCUT2D eigenvalue weighted by atomic mass is 9.61. The normalized spacial score (nSPS) is 54.0. The number of ether oxygens (including phenoxy) is 1. The fourth-order valence-corrected chi connectivity index (χ4v) is 7.02. The van der Waals surface area contributed by atoms with Crippen molar-refractivity contribution in [3.8, 4) is 0 Å². The Bertz CT molecular complexity index is 582. The van der Waals surface area contributed by atoms with Crippen LogP contribution in [0.5, 0.6) is 0 Å². The number of hydrogen-bond donors (Lipinski definition) is 1. The predicted octanol–water partition coefficient (Wildman–Crippen LogP) is 2.63. The van der Waals surface area contributed by atoms with Crippen LogP contribution in [0.4, 0.5) is 0 Å². The minimum Gasteiger partial charge on any atom is -0.481 e. The highest BCUT2D eigenvalue weighted by atomic mass is 16.5. The highest BCUT2D eigenvalue weighted by molar-refractivity contribution is 5.72. The number of carbonyl (C=O) groups is 2. The summed E-state index contributed by atoms with van der Waals surface area (Å²) < 4.78 is 5.49. The number of carboxylic acids is 1. The van der Waals surface area contributed by atoms with E-state index in [2.05, 4.69) is 12.2 Å². The number of fused-ring (bicyclic) bond motifs is 9. The smallest absolute Gasteiger partial charge is 0.306 e. The zero-order chi connectivity index (χ0) is 15.1. The van der Waals surface area contributed by atoms with Gasteiger partial charge in [-0.2, -0.15) is 0 Å². The first-order valence-electron chi connectivity index (χ1n) is 8.68. The Kier molecular flexibility index (Phi) is 2.48. The fraction of sp³-hybridized carbons (Fsp3) is 0.778. The molecule has 5 rings (SSSR count). The summed E-state index contributed by atoms with van der Waals surface area (Å²) in [6, 6.07) is 0. The third-order valence-electron chi connectivity index (χ3n) is 7.43. The summed E-state index contributed by atoms with van der Waals surface area (Å²) in [5, 5.41) is 9.64. The van der Waals surface area contributed by atoms with Crippen LogP contribution in [0.2, 0.25) is 0 Å². The Morgan fingerprint density at radius 2 is 2.14 bits per heavy atom. The van der Waals surface area contributed by atoms with Crippen LogP contribution in [-0.4, -0.2) is 23.1 Å². The van der Waals surface area contributed by atoms with Gasteiger partial charge in [0.05, 0.1) is 5.92 Å². The summed E-state index contributed by atoms with van der Waals surface area (Å²) in [6.07, 6.45) is 10.1. The summed E-state index contributed by atoms with van der Waals surface area (Å²) in [5.41, 5.74) is 0.109. The molecule has 0 amide bonds. The van der Waals surface area contributed by atoms with Crippen molar-refractivity contribution >= 4 is 11.9 Å². The van der Waals surface area contributed by atoms with Crippen LogP contribution >= 0.6 is 0 Å². The first-order valence-corrected chi connectivity index (χ1v) is 8.68. The van der Waals surface area contributed by atoms with Crippen LogP contribution < -0.4 is 0 Å². The first-order chi connectivity index (χ1) is 10.6. The van der Waals surface area contributed by atoms with Gasteiger partial charge in [-0.25, -0.2) is 0 Å². The van der Waals surface area contributed by atoms with Crippen LogP contribution in [0.3, 0.4) is 0 Å². The van der Waals surface area contributed by atoms with E-state index in [4.69, 9.17) is 4.74 Å². The Balaban J connectivity index is 1.48. The Labute approximate surface area is 129 Å². The number of esters is 1. The zero-order valence-electron chi connectivity index (χ0n) is 12.6. The summed E-state index contributed by atoms with van der Waals surface area (Å²) in [6.45, 7) is 0. The number of aliphatic carboxylic acids is 1. The molecule has 4 bridgehead atoms. The third kappa shape index (κ3) is 1.53. The van der Waals surface area contributed by atoms with Gasteiger partial charge in [0, 0.05) is 6.42 Å². The molecule has 22 heavy (non-hydrogen) atoms. The maximum atomic E-state index is 11.7. The minimum absolute atomic E-state index is 0.0301. The van der Waals surface area contributed by atoms with E-state index >= 15 is 0 Å². The van der Waals surface area contributed by atoms with E-state index in [0.29, 0.717) is 36.0 Å². The van der Waals surface area contributed by atoms with Crippen LogP contribution in [0.15, 0.2) is 12.2 Å². The van der Waals surface area contributed by atoms with Gasteiger partial charge in [0.1, 0.15) is 6.10 Å². The molecule has 4 aliphatic carbocycles. The molecule has 1 N–H and O–H groups in total. The molecule has 1 aliphatic heterocycles. The molecule has 0 radical (unpaired) electrons. The monoisotopic (exact) mass is 302 g/mol. The van der Waals surface area contributed by atoms with Crippen molar-refractivity contribution in [2.24, 2.45) is 40.9 Å². The molecular weight excluding hydrogens is 280 g/mol. The molecule has 5 aliphatic rings. The summed E-state index contributed by atoms with van der Waals surface area (Å²) in [4.78, 5) is 23.1. The van der Waals surface area contributed by atoms with Gasteiger partial charge < -0.3 is 9.84 Å². The average molecular weight is 302 g/mol. The molecule has 1 heterocycles. The molecule has 0 aromatic heterocycles. The SMILES string of the molecule is O=C1CCC(CC23CC(C(=O)O)C(C2)C2C4C=CC(C4)C23)O1. The number of allylic oxidation sites excluding steroid dienone is 2. The Morgan fingerprint density at radius 3 is 2.86 bits per heavy atom. The van der Waals surface area contributed by atoms with Crippen molar-refractivity contribution < 1.29 is 19.4 Å². The molecule has 4 fully saturated rings. The van der Waals surface area contributed by atoms with Gasteiger partial charge in [-0.1, -0.05) is 12.2 Å². The van der Waals surface area contributed by atoms with E-state index in [0.717, 1.165) is 25.7 Å². The standard InChI is InChI=1S/C18H22O4/c19-14-4-3-11(22-14)6-18-7-12(13(8-18)17(20)21)15-9-1-2-10(5-9)16(15)18/h1-2,9-13,15-16H,3-8H2,(H,20,21). The second-order valence-corrected chi connectivity index (χ2v) is 8.29. The Morgan fingerprint density at radius 1 is 1.32 bits per heavy atom. The largest absolute Gasteiger partial charge is 0.481 e. The lowest BCUT2D eigenvalue weighted by Crippen LogP contribution is -2.41. The lowest BCUT2D eigenvalue weighted by molar-refractivity contribution is -0.147. The van der Waals surface area contributed by atoms with Gasteiger partial charge in [-0.15, -0.1) is 0 Å². The van der Waals surface area contributed by atoms with Gasteiger partial charge in [0.15, 0.2) is 0 Å². The van der Waals surface area contributed by atoms with E-state index < -0.39 is 5.97 Å². The molecule has 118 valence electrons. The highest BCUT2D eigenvalue weighted by Crippen LogP contribution is 2.73. The first kappa shape index (κ1) is 13.1. The van der Waals surface area contributed by atoms with Crippen LogP contribution in [0, 0.1) is 40.9 Å². The van der Waals surface area contributed by atoms with E-state index in [1.54, 1.807) is 0 Å². The quantitative estimate of drug-likeness (QED) is 0.494. The number of cyclic esters (lactones) is 1. The Hall–Kier alpha value is -1.32. The van der Waals surface area contributed by atoms with E-state index in [-0.39, 0.29) is 23.4 Å². The molecule has 0 aromatic carbocycles. The van der Waals surface area contributed by atoms with Crippen molar-refractivity contribution in [1.82, 2.24) is 0 Å². The predicted molar refractivity (Wildman–Crippen MR) is 77.7 cm³/mol. The van der Waals surface area contributed by atoms with Crippen LogP contribution in [0.1, 0.15) is 38.5 Å². The highest BCUT2D eigenvalue weighted by Gasteiger charge is 2.69. The van der Waals surface area contributed by atoms with E-state index in [1.807, 2.05) is 0 Å². The van der Waals surface area contributed by atoms with Gasteiger partial charge in [0.25, 0.3) is 0 Å². The number of hydrogen-bond acceptors (Lipinski definition) is 3. The molecule has 8 unspecified atom stereocenters. The van der Waals surface area contributed by atoms with Gasteiger partial charge in [-0.05, 0) is 67.1 Å². The molecule has 4 nitrogen and oxygen atoms in total. The number of rotatable bonds is 3. The maximum absolute atomic E-state index is 11.7. The zero-order valence-corrected chi connectivity index (χ0v) is 12.6.